The SMILES string of the molecule is CCNc1ncc(COc2ccc(CCOC)cc2)s1. The Bertz CT molecular complexity index is 511. The van der Waals surface area contributed by atoms with Gasteiger partial charge < -0.3 is 14.8 Å². The van der Waals surface area contributed by atoms with Crippen molar-refractivity contribution < 1.29 is 9.47 Å². The van der Waals surface area contributed by atoms with Gasteiger partial charge in [0, 0.05) is 19.9 Å². The molecule has 5 heteroatoms. The Kier molecular flexibility index (Phi) is 5.83. The molecular weight excluding hydrogens is 272 g/mol. The molecule has 1 aromatic heterocycles. The van der Waals surface area contributed by atoms with Crippen LogP contribution in [0.1, 0.15) is 17.4 Å². The Morgan fingerprint density at radius 3 is 2.75 bits per heavy atom. The maximum absolute atomic E-state index is 5.75. The number of nitrogens with one attached hydrogen (secondary N) is 1. The molecule has 0 saturated carbocycles. The van der Waals surface area contributed by atoms with E-state index in [0.717, 1.165) is 35.3 Å². The number of benzene rings is 1. The number of rotatable bonds is 8. The Balaban J connectivity index is 1.83. The molecule has 20 heavy (non-hydrogen) atoms. The fourth-order valence-electron chi connectivity index (χ4n) is 1.73. The predicted molar refractivity (Wildman–Crippen MR) is 82.6 cm³/mol. The first-order valence-electron chi connectivity index (χ1n) is 6.71. The summed E-state index contributed by atoms with van der Waals surface area (Å²) < 4.78 is 10.8. The second kappa shape index (κ2) is 7.87. The van der Waals surface area contributed by atoms with Crippen LogP contribution in [0.2, 0.25) is 0 Å². The normalized spacial score (nSPS) is 10.5. The van der Waals surface area contributed by atoms with Crippen molar-refractivity contribution in [2.24, 2.45) is 0 Å². The lowest BCUT2D eigenvalue weighted by atomic mass is 10.1. The molecule has 1 heterocycles. The molecule has 0 bridgehead atoms. The van der Waals surface area contributed by atoms with E-state index in [0.29, 0.717) is 6.61 Å². The molecule has 108 valence electrons. The molecule has 0 saturated heterocycles. The Morgan fingerprint density at radius 1 is 1.25 bits per heavy atom. The Morgan fingerprint density at radius 2 is 2.05 bits per heavy atom. The maximum Gasteiger partial charge on any atom is 0.182 e. The van der Waals surface area contributed by atoms with E-state index in [-0.39, 0.29) is 0 Å². The van der Waals surface area contributed by atoms with Crippen LogP contribution in [0.3, 0.4) is 0 Å². The molecule has 0 spiro atoms. The van der Waals surface area contributed by atoms with Crippen LogP contribution in [0.5, 0.6) is 5.75 Å². The van der Waals surface area contributed by atoms with Crippen molar-refractivity contribution in [2.45, 2.75) is 20.0 Å². The summed E-state index contributed by atoms with van der Waals surface area (Å²) in [6.07, 6.45) is 2.79. The van der Waals surface area contributed by atoms with Gasteiger partial charge in [0.2, 0.25) is 0 Å². The van der Waals surface area contributed by atoms with Crippen molar-refractivity contribution >= 4 is 16.5 Å². The van der Waals surface area contributed by atoms with E-state index in [4.69, 9.17) is 9.47 Å². The fraction of sp³-hybridized carbons (Fsp3) is 0.400. The van der Waals surface area contributed by atoms with E-state index >= 15 is 0 Å². The number of nitrogens with zero attached hydrogens (tertiary/aromatic N) is 1. The third kappa shape index (κ3) is 4.51. The third-order valence-corrected chi connectivity index (χ3v) is 3.71. The molecule has 1 N–H and O–H groups in total. The summed E-state index contributed by atoms with van der Waals surface area (Å²) in [4.78, 5) is 5.39. The minimum absolute atomic E-state index is 0.556. The molecule has 0 aliphatic carbocycles. The standard InChI is InChI=1S/C15H20N2O2S/c1-3-16-15-17-10-14(20-15)11-19-13-6-4-12(5-7-13)8-9-18-2/h4-7,10H,3,8-9,11H2,1-2H3,(H,16,17). The highest BCUT2D eigenvalue weighted by atomic mass is 32.1. The highest BCUT2D eigenvalue weighted by Crippen LogP contribution is 2.20. The third-order valence-electron chi connectivity index (χ3n) is 2.78. The molecule has 0 atom stereocenters. The molecule has 1 aromatic carbocycles. The largest absolute Gasteiger partial charge is 0.488 e. The van der Waals surface area contributed by atoms with Crippen LogP contribution in [0.4, 0.5) is 5.13 Å². The van der Waals surface area contributed by atoms with Gasteiger partial charge in [-0.2, -0.15) is 0 Å². The molecule has 4 nitrogen and oxygen atoms in total. The van der Waals surface area contributed by atoms with Crippen molar-refractivity contribution in [1.29, 1.82) is 0 Å². The quantitative estimate of drug-likeness (QED) is 0.810. The zero-order valence-corrected chi connectivity index (χ0v) is 12.7. The van der Waals surface area contributed by atoms with Gasteiger partial charge in [-0.1, -0.05) is 23.5 Å². The van der Waals surface area contributed by atoms with Crippen molar-refractivity contribution in [3.63, 3.8) is 0 Å². The van der Waals surface area contributed by atoms with Crippen LogP contribution in [0, 0.1) is 0 Å². The first kappa shape index (κ1) is 14.8. The topological polar surface area (TPSA) is 43.4 Å². The summed E-state index contributed by atoms with van der Waals surface area (Å²) >= 11 is 1.63. The summed E-state index contributed by atoms with van der Waals surface area (Å²) in [7, 11) is 1.72. The van der Waals surface area contributed by atoms with E-state index in [1.54, 1.807) is 18.4 Å². The molecular formula is C15H20N2O2S. The molecule has 0 unspecified atom stereocenters. The van der Waals surface area contributed by atoms with Gasteiger partial charge in [-0.3, -0.25) is 0 Å². The summed E-state index contributed by atoms with van der Waals surface area (Å²) in [5, 5.41) is 4.14. The van der Waals surface area contributed by atoms with Crippen molar-refractivity contribution in [2.75, 3.05) is 25.6 Å². The maximum atomic E-state index is 5.75. The van der Waals surface area contributed by atoms with Crippen LogP contribution in [-0.2, 0) is 17.8 Å². The van der Waals surface area contributed by atoms with Gasteiger partial charge in [0.25, 0.3) is 0 Å². The number of thiazole rings is 1. The highest BCUT2D eigenvalue weighted by molar-refractivity contribution is 7.15. The van der Waals surface area contributed by atoms with Crippen molar-refractivity contribution in [3.05, 3.63) is 40.9 Å². The van der Waals surface area contributed by atoms with Gasteiger partial charge in [0.1, 0.15) is 12.4 Å². The number of hydrogen-bond acceptors (Lipinski definition) is 5. The minimum Gasteiger partial charge on any atom is -0.488 e. The lowest BCUT2D eigenvalue weighted by Crippen LogP contribution is -1.96. The molecule has 0 fully saturated rings. The van der Waals surface area contributed by atoms with E-state index in [1.165, 1.54) is 5.56 Å². The fourth-order valence-corrected chi connectivity index (χ4v) is 2.53. The predicted octanol–water partition coefficient (Wildman–Crippen LogP) is 3.34. The van der Waals surface area contributed by atoms with Crippen LogP contribution in [0.15, 0.2) is 30.5 Å². The number of hydrogen-bond donors (Lipinski definition) is 1. The summed E-state index contributed by atoms with van der Waals surface area (Å²) in [6.45, 7) is 4.24. The lowest BCUT2D eigenvalue weighted by molar-refractivity contribution is 0.202. The number of methoxy groups -OCH3 is 1. The van der Waals surface area contributed by atoms with Gasteiger partial charge in [-0.15, -0.1) is 0 Å². The average Bonchev–Trinajstić information content (AvgIpc) is 2.92. The van der Waals surface area contributed by atoms with Gasteiger partial charge in [0.15, 0.2) is 5.13 Å². The van der Waals surface area contributed by atoms with Crippen LogP contribution in [-0.4, -0.2) is 25.2 Å². The van der Waals surface area contributed by atoms with Crippen molar-refractivity contribution in [3.8, 4) is 5.75 Å². The van der Waals surface area contributed by atoms with Gasteiger partial charge in [0.05, 0.1) is 11.5 Å². The van der Waals surface area contributed by atoms with Crippen LogP contribution < -0.4 is 10.1 Å². The second-order valence-electron chi connectivity index (χ2n) is 4.34. The van der Waals surface area contributed by atoms with Crippen LogP contribution >= 0.6 is 11.3 Å². The van der Waals surface area contributed by atoms with Crippen molar-refractivity contribution in [1.82, 2.24) is 4.98 Å². The van der Waals surface area contributed by atoms with E-state index in [2.05, 4.69) is 29.4 Å². The second-order valence-corrected chi connectivity index (χ2v) is 5.45. The first-order valence-corrected chi connectivity index (χ1v) is 7.52. The zero-order chi connectivity index (χ0) is 14.2. The smallest absolute Gasteiger partial charge is 0.182 e. The summed E-state index contributed by atoms with van der Waals surface area (Å²) in [5.41, 5.74) is 1.26. The van der Waals surface area contributed by atoms with E-state index in [1.807, 2.05) is 18.3 Å². The average molecular weight is 292 g/mol. The van der Waals surface area contributed by atoms with E-state index < -0.39 is 0 Å². The van der Waals surface area contributed by atoms with Crippen LogP contribution in [0.25, 0.3) is 0 Å². The molecule has 2 aromatic rings. The molecule has 0 aliphatic rings. The van der Waals surface area contributed by atoms with Gasteiger partial charge in [-0.25, -0.2) is 4.98 Å². The highest BCUT2D eigenvalue weighted by Gasteiger charge is 2.02. The molecule has 0 aliphatic heterocycles. The lowest BCUT2D eigenvalue weighted by Gasteiger charge is -2.05. The Hall–Kier alpha value is -1.59. The molecule has 0 radical (unpaired) electrons. The zero-order valence-electron chi connectivity index (χ0n) is 11.9. The summed E-state index contributed by atoms with van der Waals surface area (Å²) in [5.74, 6) is 0.879. The molecule has 0 amide bonds. The van der Waals surface area contributed by atoms with E-state index in [9.17, 15) is 0 Å². The minimum atomic E-state index is 0.556. The monoisotopic (exact) mass is 292 g/mol. The van der Waals surface area contributed by atoms with Gasteiger partial charge >= 0.3 is 0 Å². The first-order chi connectivity index (χ1) is 9.81. The number of ether oxygens (including phenoxy) is 2. The number of aromatic nitrogens is 1. The molecule has 2 rings (SSSR count). The Labute approximate surface area is 123 Å². The number of anilines is 1. The van der Waals surface area contributed by atoms with Gasteiger partial charge in [-0.05, 0) is 31.0 Å². The summed E-state index contributed by atoms with van der Waals surface area (Å²) in [6, 6.07) is 8.14.